The summed E-state index contributed by atoms with van der Waals surface area (Å²) in [5, 5.41) is 0. The summed E-state index contributed by atoms with van der Waals surface area (Å²) in [6, 6.07) is 3.58. The molecule has 6 nitrogen and oxygen atoms in total. The lowest BCUT2D eigenvalue weighted by molar-refractivity contribution is -0.170. The topological polar surface area (TPSA) is 62.7 Å². The average Bonchev–Trinajstić information content (AvgIpc) is 3.43. The van der Waals surface area contributed by atoms with Crippen molar-refractivity contribution in [2.75, 3.05) is 19.7 Å². The zero-order chi connectivity index (χ0) is 18.9. The van der Waals surface area contributed by atoms with Crippen molar-refractivity contribution in [2.45, 2.75) is 58.7 Å². The molecule has 6 heteroatoms. The molecule has 3 rings (SSSR count). The fraction of sp³-hybridized carbons (Fsp3) is 0.650. The van der Waals surface area contributed by atoms with Gasteiger partial charge in [-0.1, -0.05) is 26.8 Å². The Morgan fingerprint density at radius 3 is 2.65 bits per heavy atom. The van der Waals surface area contributed by atoms with Gasteiger partial charge in [-0.2, -0.15) is 0 Å². The summed E-state index contributed by atoms with van der Waals surface area (Å²) in [5.74, 6) is -0.0845. The molecule has 2 aliphatic rings. The van der Waals surface area contributed by atoms with Crippen LogP contribution >= 0.6 is 0 Å². The third-order valence-electron chi connectivity index (χ3n) is 4.83. The fourth-order valence-corrected chi connectivity index (χ4v) is 3.60. The number of likely N-dealkylation sites (N-methyl/N-ethyl adjacent to an activating group) is 1. The molecule has 2 heterocycles. The summed E-state index contributed by atoms with van der Waals surface area (Å²) in [7, 11) is 0. The number of amides is 2. The van der Waals surface area contributed by atoms with Crippen LogP contribution in [0.25, 0.3) is 0 Å². The Hall–Kier alpha value is -1.95. The molecular weight excluding hydrogens is 330 g/mol. The number of hydrogen-bond acceptors (Lipinski definition) is 4. The van der Waals surface area contributed by atoms with Gasteiger partial charge in [0.15, 0.2) is 6.10 Å². The van der Waals surface area contributed by atoms with Crippen LogP contribution in [0.3, 0.4) is 0 Å². The highest BCUT2D eigenvalue weighted by Crippen LogP contribution is 2.39. The first-order valence-corrected chi connectivity index (χ1v) is 9.43. The van der Waals surface area contributed by atoms with Crippen molar-refractivity contribution in [1.29, 1.82) is 0 Å². The molecule has 0 N–H and O–H groups in total. The van der Waals surface area contributed by atoms with E-state index in [1.54, 1.807) is 12.4 Å². The Bertz CT molecular complexity index is 652. The van der Waals surface area contributed by atoms with Crippen LogP contribution in [-0.2, 0) is 14.3 Å². The van der Waals surface area contributed by atoms with Crippen LogP contribution in [0.1, 0.15) is 52.1 Å². The number of morpholine rings is 1. The first-order valence-electron chi connectivity index (χ1n) is 9.43. The van der Waals surface area contributed by atoms with Gasteiger partial charge in [-0.3, -0.25) is 14.6 Å². The number of pyridine rings is 1. The van der Waals surface area contributed by atoms with Crippen molar-refractivity contribution < 1.29 is 14.3 Å². The van der Waals surface area contributed by atoms with Gasteiger partial charge in [0.05, 0.1) is 6.04 Å². The maximum Gasteiger partial charge on any atom is 0.254 e. The predicted octanol–water partition coefficient (Wildman–Crippen LogP) is 2.41. The van der Waals surface area contributed by atoms with Gasteiger partial charge in [0, 0.05) is 31.5 Å². The summed E-state index contributed by atoms with van der Waals surface area (Å²) in [4.78, 5) is 33.8. The number of aromatic nitrogens is 1. The first-order chi connectivity index (χ1) is 12.3. The van der Waals surface area contributed by atoms with E-state index in [4.69, 9.17) is 4.74 Å². The van der Waals surface area contributed by atoms with E-state index in [9.17, 15) is 9.59 Å². The quantitative estimate of drug-likeness (QED) is 0.810. The summed E-state index contributed by atoms with van der Waals surface area (Å²) < 4.78 is 5.81. The second-order valence-corrected chi connectivity index (χ2v) is 8.41. The Labute approximate surface area is 155 Å². The molecule has 2 atom stereocenters. The fourth-order valence-electron chi connectivity index (χ4n) is 3.60. The van der Waals surface area contributed by atoms with E-state index in [1.807, 2.05) is 28.9 Å². The molecule has 0 unspecified atom stereocenters. The predicted molar refractivity (Wildman–Crippen MR) is 98.3 cm³/mol. The Morgan fingerprint density at radius 1 is 1.38 bits per heavy atom. The van der Waals surface area contributed by atoms with Crippen molar-refractivity contribution in [3.05, 3.63) is 30.1 Å². The minimum Gasteiger partial charge on any atom is -0.356 e. The molecule has 1 saturated heterocycles. The van der Waals surface area contributed by atoms with Gasteiger partial charge in [0.2, 0.25) is 5.91 Å². The Balaban J connectivity index is 1.92. The normalized spacial score (nSPS) is 23.8. The maximum atomic E-state index is 13.3. The number of nitrogens with zero attached hydrogens (tertiary/aromatic N) is 3. The van der Waals surface area contributed by atoms with Crippen LogP contribution in [-0.4, -0.2) is 58.4 Å². The van der Waals surface area contributed by atoms with Gasteiger partial charge >= 0.3 is 0 Å². The largest absolute Gasteiger partial charge is 0.356 e. The SMILES string of the molecule is CCN(CC(C)(C)C)C(=O)[C@H]1OCC(=O)N(C2CC2)[C@@H]1c1cccnc1. The highest BCUT2D eigenvalue weighted by atomic mass is 16.5. The highest BCUT2D eigenvalue weighted by Gasteiger charge is 2.48. The van der Waals surface area contributed by atoms with Crippen molar-refractivity contribution in [3.63, 3.8) is 0 Å². The number of hydrogen-bond donors (Lipinski definition) is 0. The molecule has 0 radical (unpaired) electrons. The molecule has 0 aromatic carbocycles. The van der Waals surface area contributed by atoms with Crippen molar-refractivity contribution in [3.8, 4) is 0 Å². The molecule has 1 aromatic rings. The van der Waals surface area contributed by atoms with Crippen LogP contribution in [0.15, 0.2) is 24.5 Å². The van der Waals surface area contributed by atoms with Gasteiger partial charge in [-0.25, -0.2) is 0 Å². The highest BCUT2D eigenvalue weighted by molar-refractivity contribution is 5.86. The molecular formula is C20H29N3O3. The van der Waals surface area contributed by atoms with E-state index < -0.39 is 12.1 Å². The Morgan fingerprint density at radius 2 is 2.12 bits per heavy atom. The molecule has 1 aromatic heterocycles. The van der Waals surface area contributed by atoms with E-state index in [-0.39, 0.29) is 29.9 Å². The summed E-state index contributed by atoms with van der Waals surface area (Å²) in [6.45, 7) is 9.56. The molecule has 1 aliphatic heterocycles. The van der Waals surface area contributed by atoms with E-state index in [2.05, 4.69) is 25.8 Å². The minimum absolute atomic E-state index is 0.00383. The molecule has 2 amide bonds. The number of ether oxygens (including phenoxy) is 1. The molecule has 1 aliphatic carbocycles. The third kappa shape index (κ3) is 4.06. The van der Waals surface area contributed by atoms with E-state index in [1.165, 1.54) is 0 Å². The van der Waals surface area contributed by atoms with Crippen LogP contribution < -0.4 is 0 Å². The van der Waals surface area contributed by atoms with Crippen LogP contribution in [0.2, 0.25) is 0 Å². The lowest BCUT2D eigenvalue weighted by atomic mass is 9.94. The monoisotopic (exact) mass is 359 g/mol. The molecule has 142 valence electrons. The average molecular weight is 359 g/mol. The van der Waals surface area contributed by atoms with Gasteiger partial charge in [-0.05, 0) is 36.8 Å². The summed E-state index contributed by atoms with van der Waals surface area (Å²) in [6.07, 6.45) is 4.74. The lowest BCUT2D eigenvalue weighted by Gasteiger charge is -2.42. The molecule has 26 heavy (non-hydrogen) atoms. The van der Waals surface area contributed by atoms with Gasteiger partial charge in [0.1, 0.15) is 6.61 Å². The number of carbonyl (C=O) groups is 2. The van der Waals surface area contributed by atoms with Crippen LogP contribution in [0.5, 0.6) is 0 Å². The van der Waals surface area contributed by atoms with Crippen LogP contribution in [0, 0.1) is 5.41 Å². The lowest BCUT2D eigenvalue weighted by Crippen LogP contribution is -2.56. The molecule has 1 saturated carbocycles. The molecule has 0 spiro atoms. The zero-order valence-electron chi connectivity index (χ0n) is 16.1. The summed E-state index contributed by atoms with van der Waals surface area (Å²) in [5.41, 5.74) is 0.855. The smallest absolute Gasteiger partial charge is 0.254 e. The Kier molecular flexibility index (Phi) is 5.32. The van der Waals surface area contributed by atoms with Gasteiger partial charge < -0.3 is 14.5 Å². The second-order valence-electron chi connectivity index (χ2n) is 8.41. The zero-order valence-corrected chi connectivity index (χ0v) is 16.1. The number of carbonyl (C=O) groups excluding carboxylic acids is 2. The minimum atomic E-state index is -0.681. The van der Waals surface area contributed by atoms with Crippen molar-refractivity contribution in [1.82, 2.24) is 14.8 Å². The van der Waals surface area contributed by atoms with Crippen LogP contribution in [0.4, 0.5) is 0 Å². The van der Waals surface area contributed by atoms with Gasteiger partial charge in [-0.15, -0.1) is 0 Å². The molecule has 2 fully saturated rings. The third-order valence-corrected chi connectivity index (χ3v) is 4.83. The second kappa shape index (κ2) is 7.35. The standard InChI is InChI=1S/C20H29N3O3/c1-5-22(13-20(2,3)4)19(25)18-17(14-7-6-10-21-11-14)23(15-8-9-15)16(24)12-26-18/h6-7,10-11,15,17-18H,5,8-9,12-13H2,1-4H3/t17-,18+/m1/s1. The van der Waals surface area contributed by atoms with Crippen molar-refractivity contribution in [2.24, 2.45) is 5.41 Å². The number of rotatable bonds is 5. The van der Waals surface area contributed by atoms with Gasteiger partial charge in [0.25, 0.3) is 5.91 Å². The van der Waals surface area contributed by atoms with Crippen molar-refractivity contribution >= 4 is 11.8 Å². The van der Waals surface area contributed by atoms with E-state index >= 15 is 0 Å². The van der Waals surface area contributed by atoms with E-state index in [0.29, 0.717) is 13.1 Å². The summed E-state index contributed by atoms with van der Waals surface area (Å²) >= 11 is 0. The van der Waals surface area contributed by atoms with E-state index in [0.717, 1.165) is 18.4 Å². The maximum absolute atomic E-state index is 13.3. The molecule has 0 bridgehead atoms. The first kappa shape index (κ1) is 18.8.